The fourth-order valence-corrected chi connectivity index (χ4v) is 2.42. The molecule has 0 aliphatic heterocycles. The molecule has 0 saturated heterocycles. The predicted molar refractivity (Wildman–Crippen MR) is 102 cm³/mol. The molecule has 148 valence electrons. The van der Waals surface area contributed by atoms with Gasteiger partial charge in [0.05, 0.1) is 17.5 Å². The highest BCUT2D eigenvalue weighted by molar-refractivity contribution is 6.06. The molecule has 3 aromatic rings. The second-order valence-corrected chi connectivity index (χ2v) is 5.96. The molecule has 0 saturated carbocycles. The Morgan fingerprint density at radius 1 is 0.966 bits per heavy atom. The van der Waals surface area contributed by atoms with Crippen LogP contribution in [0, 0.1) is 5.82 Å². The molecule has 0 bridgehead atoms. The first-order valence-corrected chi connectivity index (χ1v) is 8.65. The number of nitrogens with one attached hydrogen (secondary N) is 2. The van der Waals surface area contributed by atoms with Crippen LogP contribution >= 0.6 is 0 Å². The summed E-state index contributed by atoms with van der Waals surface area (Å²) in [6.45, 7) is -0.326. The summed E-state index contributed by atoms with van der Waals surface area (Å²) in [5.41, 5.74) is 1.03. The van der Waals surface area contributed by atoms with Crippen molar-refractivity contribution in [3.8, 4) is 0 Å². The minimum absolute atomic E-state index is 0.0911. The van der Waals surface area contributed by atoms with Crippen molar-refractivity contribution in [1.82, 2.24) is 5.32 Å². The molecule has 2 aromatic carbocycles. The van der Waals surface area contributed by atoms with Crippen LogP contribution in [0.3, 0.4) is 0 Å². The van der Waals surface area contributed by atoms with Gasteiger partial charge in [0.2, 0.25) is 0 Å². The molecule has 29 heavy (non-hydrogen) atoms. The van der Waals surface area contributed by atoms with Gasteiger partial charge in [-0.05, 0) is 42.0 Å². The zero-order valence-electron chi connectivity index (χ0n) is 15.2. The van der Waals surface area contributed by atoms with Crippen molar-refractivity contribution in [3.63, 3.8) is 0 Å². The van der Waals surface area contributed by atoms with Crippen molar-refractivity contribution in [2.45, 2.75) is 6.54 Å². The minimum atomic E-state index is -0.766. The van der Waals surface area contributed by atoms with Crippen LogP contribution in [-0.4, -0.2) is 24.4 Å². The lowest BCUT2D eigenvalue weighted by atomic mass is 10.1. The maximum absolute atomic E-state index is 12.9. The summed E-state index contributed by atoms with van der Waals surface area (Å²) in [5, 5.41) is 5.14. The minimum Gasteiger partial charge on any atom is -0.459 e. The number of hydrogen-bond acceptors (Lipinski definition) is 5. The molecule has 1 aromatic heterocycles. The number of furan rings is 1. The Bertz CT molecular complexity index is 1000. The molecule has 8 heteroatoms. The molecule has 1 heterocycles. The second kappa shape index (κ2) is 9.32. The van der Waals surface area contributed by atoms with Gasteiger partial charge in [-0.15, -0.1) is 0 Å². The number of carbonyl (C=O) groups is 3. The maximum Gasteiger partial charge on any atom is 0.340 e. The van der Waals surface area contributed by atoms with Crippen LogP contribution < -0.4 is 10.6 Å². The highest BCUT2D eigenvalue weighted by Crippen LogP contribution is 2.17. The first-order chi connectivity index (χ1) is 14.0. The highest BCUT2D eigenvalue weighted by atomic mass is 19.1. The average molecular weight is 396 g/mol. The van der Waals surface area contributed by atoms with E-state index in [1.807, 2.05) is 0 Å². The normalized spacial score (nSPS) is 10.2. The zero-order valence-corrected chi connectivity index (χ0v) is 15.2. The van der Waals surface area contributed by atoms with Crippen LogP contribution in [0.2, 0.25) is 0 Å². The van der Waals surface area contributed by atoms with Gasteiger partial charge < -0.3 is 19.8 Å². The van der Waals surface area contributed by atoms with Crippen molar-refractivity contribution >= 4 is 23.5 Å². The predicted octanol–water partition coefficient (Wildman–Crippen LogP) is 3.14. The molecule has 7 nitrogen and oxygen atoms in total. The fourth-order valence-electron chi connectivity index (χ4n) is 2.42. The van der Waals surface area contributed by atoms with Crippen LogP contribution in [0.5, 0.6) is 0 Å². The third-order valence-electron chi connectivity index (χ3n) is 3.88. The van der Waals surface area contributed by atoms with E-state index in [0.717, 1.165) is 0 Å². The van der Waals surface area contributed by atoms with E-state index in [0.29, 0.717) is 5.56 Å². The van der Waals surface area contributed by atoms with Gasteiger partial charge in [0.1, 0.15) is 5.82 Å². The monoisotopic (exact) mass is 396 g/mol. The topological polar surface area (TPSA) is 97.6 Å². The first-order valence-electron chi connectivity index (χ1n) is 8.65. The largest absolute Gasteiger partial charge is 0.459 e. The second-order valence-electron chi connectivity index (χ2n) is 5.96. The van der Waals surface area contributed by atoms with Gasteiger partial charge in [-0.2, -0.15) is 0 Å². The number of hydrogen-bond donors (Lipinski definition) is 2. The molecule has 0 unspecified atom stereocenters. The van der Waals surface area contributed by atoms with Gasteiger partial charge in [0, 0.05) is 6.54 Å². The Hall–Kier alpha value is -3.94. The van der Waals surface area contributed by atoms with Gasteiger partial charge in [0.25, 0.3) is 11.8 Å². The summed E-state index contributed by atoms with van der Waals surface area (Å²) >= 11 is 0. The van der Waals surface area contributed by atoms with Crippen molar-refractivity contribution in [1.29, 1.82) is 0 Å². The van der Waals surface area contributed by atoms with E-state index >= 15 is 0 Å². The van der Waals surface area contributed by atoms with E-state index in [9.17, 15) is 18.8 Å². The Kier molecular flexibility index (Phi) is 6.36. The molecule has 2 amide bonds. The molecule has 0 spiro atoms. The van der Waals surface area contributed by atoms with Gasteiger partial charge in [-0.1, -0.05) is 24.3 Å². The SMILES string of the molecule is O=C(COC(=O)c1ccccc1NC(=O)c1ccco1)NCc1ccc(F)cc1. The molecule has 0 atom stereocenters. The number of carbonyl (C=O) groups excluding carboxylic acids is 3. The van der Waals surface area contributed by atoms with E-state index in [1.165, 1.54) is 36.6 Å². The lowest BCUT2D eigenvalue weighted by molar-refractivity contribution is -0.124. The molecule has 0 fully saturated rings. The lowest BCUT2D eigenvalue weighted by Crippen LogP contribution is -2.28. The van der Waals surface area contributed by atoms with Crippen LogP contribution in [0.1, 0.15) is 26.5 Å². The van der Waals surface area contributed by atoms with E-state index in [-0.39, 0.29) is 29.4 Å². The molecular formula is C21H17FN2O5. The zero-order chi connectivity index (χ0) is 20.6. The summed E-state index contributed by atoms with van der Waals surface area (Å²) in [6, 6.07) is 15.0. The summed E-state index contributed by atoms with van der Waals surface area (Å²) in [7, 11) is 0. The van der Waals surface area contributed by atoms with E-state index in [2.05, 4.69) is 10.6 Å². The van der Waals surface area contributed by atoms with Crippen molar-refractivity contribution < 1.29 is 27.9 Å². The van der Waals surface area contributed by atoms with Gasteiger partial charge >= 0.3 is 5.97 Å². The number of ether oxygens (including phenoxy) is 1. The molecule has 3 rings (SSSR count). The van der Waals surface area contributed by atoms with E-state index < -0.39 is 24.4 Å². The van der Waals surface area contributed by atoms with Gasteiger partial charge in [-0.3, -0.25) is 9.59 Å². The van der Waals surface area contributed by atoms with Crippen molar-refractivity contribution in [2.24, 2.45) is 0 Å². The number of esters is 1. The number of benzene rings is 2. The Labute approximate surface area is 165 Å². The standard InChI is InChI=1S/C21H17FN2O5/c22-15-9-7-14(8-10-15)12-23-19(25)13-29-21(27)16-4-1-2-5-17(16)24-20(26)18-6-3-11-28-18/h1-11H,12-13H2,(H,23,25)(H,24,26). The number of anilines is 1. The van der Waals surface area contributed by atoms with Gasteiger partial charge in [0.15, 0.2) is 12.4 Å². The van der Waals surface area contributed by atoms with Crippen LogP contribution in [0.15, 0.2) is 71.3 Å². The molecule has 0 radical (unpaired) electrons. The van der Waals surface area contributed by atoms with Crippen LogP contribution in [0.4, 0.5) is 10.1 Å². The number of rotatable bonds is 7. The lowest BCUT2D eigenvalue weighted by Gasteiger charge is -2.10. The fraction of sp³-hybridized carbons (Fsp3) is 0.0952. The molecular weight excluding hydrogens is 379 g/mol. The Balaban J connectivity index is 1.54. The molecule has 2 N–H and O–H groups in total. The number of para-hydroxylation sites is 1. The summed E-state index contributed by atoms with van der Waals surface area (Å²) < 4.78 is 22.9. The van der Waals surface area contributed by atoms with E-state index in [1.54, 1.807) is 30.3 Å². The Morgan fingerprint density at radius 3 is 2.45 bits per heavy atom. The molecule has 0 aliphatic rings. The number of amides is 2. The van der Waals surface area contributed by atoms with E-state index in [4.69, 9.17) is 9.15 Å². The summed E-state index contributed by atoms with van der Waals surface area (Å²) in [6.07, 6.45) is 1.36. The number of halogens is 1. The maximum atomic E-state index is 12.9. The van der Waals surface area contributed by atoms with Crippen molar-refractivity contribution in [2.75, 3.05) is 11.9 Å². The molecule has 0 aliphatic carbocycles. The average Bonchev–Trinajstić information content (AvgIpc) is 3.27. The van der Waals surface area contributed by atoms with Gasteiger partial charge in [-0.25, -0.2) is 9.18 Å². The van der Waals surface area contributed by atoms with Crippen molar-refractivity contribution in [3.05, 3.63) is 89.6 Å². The summed E-state index contributed by atoms with van der Waals surface area (Å²) in [4.78, 5) is 36.3. The summed E-state index contributed by atoms with van der Waals surface area (Å²) in [5.74, 6) is -2.08. The van der Waals surface area contributed by atoms with Crippen LogP contribution in [0.25, 0.3) is 0 Å². The smallest absolute Gasteiger partial charge is 0.340 e. The highest BCUT2D eigenvalue weighted by Gasteiger charge is 2.17. The third-order valence-corrected chi connectivity index (χ3v) is 3.88. The Morgan fingerprint density at radius 2 is 1.72 bits per heavy atom. The van der Waals surface area contributed by atoms with Crippen LogP contribution in [-0.2, 0) is 16.1 Å². The third kappa shape index (κ3) is 5.52. The first kappa shape index (κ1) is 19.8. The quantitative estimate of drug-likeness (QED) is 0.598.